The maximum absolute atomic E-state index is 11.5. The number of amides is 1. The highest BCUT2D eigenvalue weighted by Gasteiger charge is 2.29. The molecule has 1 amide bonds. The number of carbonyl (C=O) groups is 1. The van der Waals surface area contributed by atoms with E-state index in [2.05, 4.69) is 0 Å². The van der Waals surface area contributed by atoms with Crippen LogP contribution in [-0.2, 0) is 4.79 Å². The van der Waals surface area contributed by atoms with E-state index in [0.29, 0.717) is 18.7 Å². The van der Waals surface area contributed by atoms with Gasteiger partial charge in [-0.2, -0.15) is 0 Å². The van der Waals surface area contributed by atoms with Crippen LogP contribution in [0, 0.1) is 0 Å². The van der Waals surface area contributed by atoms with Gasteiger partial charge in [0.15, 0.2) is 0 Å². The van der Waals surface area contributed by atoms with E-state index in [0.717, 1.165) is 5.69 Å². The summed E-state index contributed by atoms with van der Waals surface area (Å²) in [6.45, 7) is 0.550. The first kappa shape index (κ1) is 9.34. The number of hydrogen-bond donors (Lipinski definition) is 1. The molecule has 74 valence electrons. The number of rotatable bonds is 1. The van der Waals surface area contributed by atoms with Crippen molar-refractivity contribution in [3.05, 3.63) is 24.3 Å². The van der Waals surface area contributed by atoms with E-state index in [1.165, 1.54) is 0 Å². The molecule has 1 fully saturated rings. The van der Waals surface area contributed by atoms with E-state index in [1.807, 2.05) is 18.2 Å². The molecular weight excluding hydrogens is 200 g/mol. The molecule has 1 unspecified atom stereocenters. The van der Waals surface area contributed by atoms with Gasteiger partial charge in [0.05, 0.1) is 16.8 Å². The second kappa shape index (κ2) is 3.50. The Morgan fingerprint density at radius 2 is 2.14 bits per heavy atom. The van der Waals surface area contributed by atoms with Crippen molar-refractivity contribution in [3.63, 3.8) is 0 Å². The predicted octanol–water partition coefficient (Wildman–Crippen LogP) is 1.61. The van der Waals surface area contributed by atoms with Crippen molar-refractivity contribution >= 4 is 28.9 Å². The van der Waals surface area contributed by atoms with E-state index >= 15 is 0 Å². The molecule has 2 N–H and O–H groups in total. The lowest BCUT2D eigenvalue weighted by Crippen LogP contribution is -2.25. The number of para-hydroxylation sites is 2. The van der Waals surface area contributed by atoms with Crippen molar-refractivity contribution in [2.24, 2.45) is 0 Å². The molecule has 1 saturated heterocycles. The fourth-order valence-corrected chi connectivity index (χ4v) is 1.90. The van der Waals surface area contributed by atoms with E-state index in [9.17, 15) is 4.79 Å². The third kappa shape index (κ3) is 1.55. The van der Waals surface area contributed by atoms with Crippen LogP contribution in [0.3, 0.4) is 0 Å². The van der Waals surface area contributed by atoms with Gasteiger partial charge in [-0.3, -0.25) is 4.79 Å². The SMILES string of the molecule is Nc1ccccc1N1CC(Cl)CC1=O. The normalized spacial score (nSPS) is 21.6. The smallest absolute Gasteiger partial charge is 0.228 e. The Hall–Kier alpha value is -1.22. The summed E-state index contributed by atoms with van der Waals surface area (Å²) >= 11 is 5.90. The Bertz CT molecular complexity index is 367. The van der Waals surface area contributed by atoms with Crippen LogP contribution >= 0.6 is 11.6 Å². The maximum Gasteiger partial charge on any atom is 0.228 e. The minimum atomic E-state index is -0.0953. The molecule has 1 aromatic rings. The molecule has 0 saturated carbocycles. The first-order chi connectivity index (χ1) is 6.68. The summed E-state index contributed by atoms with van der Waals surface area (Å²) in [6.07, 6.45) is 0.399. The number of nitrogens with zero attached hydrogens (tertiary/aromatic N) is 1. The lowest BCUT2D eigenvalue weighted by Gasteiger charge is -2.17. The molecular formula is C10H11ClN2O. The topological polar surface area (TPSA) is 46.3 Å². The van der Waals surface area contributed by atoms with Gasteiger partial charge >= 0.3 is 0 Å². The summed E-state index contributed by atoms with van der Waals surface area (Å²) in [7, 11) is 0. The first-order valence-electron chi connectivity index (χ1n) is 4.47. The third-order valence-corrected chi connectivity index (χ3v) is 2.60. The monoisotopic (exact) mass is 210 g/mol. The zero-order valence-electron chi connectivity index (χ0n) is 7.61. The number of halogens is 1. The Labute approximate surface area is 87.4 Å². The molecule has 1 heterocycles. The van der Waals surface area contributed by atoms with Crippen LogP contribution in [0.1, 0.15) is 6.42 Å². The molecule has 3 nitrogen and oxygen atoms in total. The van der Waals surface area contributed by atoms with Crippen LogP contribution in [0.25, 0.3) is 0 Å². The fourth-order valence-electron chi connectivity index (χ4n) is 1.63. The van der Waals surface area contributed by atoms with Crippen LogP contribution in [0.5, 0.6) is 0 Å². The van der Waals surface area contributed by atoms with Crippen molar-refractivity contribution in [3.8, 4) is 0 Å². The van der Waals surface area contributed by atoms with Gasteiger partial charge in [0.25, 0.3) is 0 Å². The van der Waals surface area contributed by atoms with Crippen molar-refractivity contribution < 1.29 is 4.79 Å². The lowest BCUT2D eigenvalue weighted by molar-refractivity contribution is -0.117. The summed E-state index contributed by atoms with van der Waals surface area (Å²) < 4.78 is 0. The molecule has 0 radical (unpaired) electrons. The maximum atomic E-state index is 11.5. The van der Waals surface area contributed by atoms with Gasteiger partial charge < -0.3 is 10.6 Å². The minimum Gasteiger partial charge on any atom is -0.397 e. The Balaban J connectivity index is 2.32. The molecule has 1 atom stereocenters. The predicted molar refractivity (Wildman–Crippen MR) is 57.5 cm³/mol. The number of nitrogen functional groups attached to an aromatic ring is 1. The van der Waals surface area contributed by atoms with Crippen LogP contribution in [-0.4, -0.2) is 17.8 Å². The highest BCUT2D eigenvalue weighted by Crippen LogP contribution is 2.28. The Kier molecular flexibility index (Phi) is 2.33. The third-order valence-electron chi connectivity index (χ3n) is 2.31. The van der Waals surface area contributed by atoms with Crippen LogP contribution in [0.4, 0.5) is 11.4 Å². The highest BCUT2D eigenvalue weighted by molar-refractivity contribution is 6.24. The molecule has 4 heteroatoms. The molecule has 0 spiro atoms. The summed E-state index contributed by atoms with van der Waals surface area (Å²) in [5.41, 5.74) is 7.15. The van der Waals surface area contributed by atoms with Gasteiger partial charge in [0.2, 0.25) is 5.91 Å². The zero-order chi connectivity index (χ0) is 10.1. The van der Waals surface area contributed by atoms with Crippen LogP contribution < -0.4 is 10.6 Å². The second-order valence-electron chi connectivity index (χ2n) is 3.36. The standard InChI is InChI=1S/C10H11ClN2O/c11-7-5-10(14)13(6-7)9-4-2-1-3-8(9)12/h1-4,7H,5-6,12H2. The number of hydrogen-bond acceptors (Lipinski definition) is 2. The van der Waals surface area contributed by atoms with Crippen molar-refractivity contribution in [2.45, 2.75) is 11.8 Å². The Morgan fingerprint density at radius 3 is 2.71 bits per heavy atom. The van der Waals surface area contributed by atoms with E-state index in [4.69, 9.17) is 17.3 Å². The lowest BCUT2D eigenvalue weighted by atomic mass is 10.2. The van der Waals surface area contributed by atoms with Gasteiger partial charge in [-0.15, -0.1) is 11.6 Å². The van der Waals surface area contributed by atoms with Gasteiger partial charge in [-0.1, -0.05) is 12.1 Å². The highest BCUT2D eigenvalue weighted by atomic mass is 35.5. The molecule has 1 aliphatic heterocycles. The van der Waals surface area contributed by atoms with Crippen molar-refractivity contribution in [1.82, 2.24) is 0 Å². The number of benzene rings is 1. The van der Waals surface area contributed by atoms with Gasteiger partial charge in [-0.25, -0.2) is 0 Å². The number of anilines is 2. The molecule has 2 rings (SSSR count). The van der Waals surface area contributed by atoms with Gasteiger partial charge in [0.1, 0.15) is 0 Å². The van der Waals surface area contributed by atoms with E-state index < -0.39 is 0 Å². The molecule has 14 heavy (non-hydrogen) atoms. The van der Waals surface area contributed by atoms with Gasteiger partial charge in [0, 0.05) is 13.0 Å². The number of alkyl halides is 1. The average Bonchev–Trinajstić information content (AvgIpc) is 2.46. The molecule has 1 aliphatic rings. The largest absolute Gasteiger partial charge is 0.397 e. The Morgan fingerprint density at radius 1 is 1.43 bits per heavy atom. The summed E-state index contributed by atoms with van der Waals surface area (Å²) in [5, 5.41) is -0.0953. The number of nitrogens with two attached hydrogens (primary N) is 1. The summed E-state index contributed by atoms with van der Waals surface area (Å²) in [6, 6.07) is 7.32. The number of carbonyl (C=O) groups excluding carboxylic acids is 1. The van der Waals surface area contributed by atoms with Crippen molar-refractivity contribution in [1.29, 1.82) is 0 Å². The second-order valence-corrected chi connectivity index (χ2v) is 3.98. The zero-order valence-corrected chi connectivity index (χ0v) is 8.37. The van der Waals surface area contributed by atoms with Crippen LogP contribution in [0.2, 0.25) is 0 Å². The molecule has 0 bridgehead atoms. The summed E-state index contributed by atoms with van der Waals surface area (Å²) in [4.78, 5) is 13.2. The summed E-state index contributed by atoms with van der Waals surface area (Å²) in [5.74, 6) is 0.0444. The average molecular weight is 211 g/mol. The van der Waals surface area contributed by atoms with E-state index in [1.54, 1.807) is 11.0 Å². The minimum absolute atomic E-state index is 0.0444. The first-order valence-corrected chi connectivity index (χ1v) is 4.91. The molecule has 0 aliphatic carbocycles. The molecule has 1 aromatic carbocycles. The van der Waals surface area contributed by atoms with Crippen LogP contribution in [0.15, 0.2) is 24.3 Å². The molecule has 0 aromatic heterocycles. The van der Waals surface area contributed by atoms with E-state index in [-0.39, 0.29) is 11.3 Å². The quantitative estimate of drug-likeness (QED) is 0.566. The van der Waals surface area contributed by atoms with Crippen molar-refractivity contribution in [2.75, 3.05) is 17.2 Å². The fraction of sp³-hybridized carbons (Fsp3) is 0.300. The van der Waals surface area contributed by atoms with Gasteiger partial charge in [-0.05, 0) is 12.1 Å².